The second-order valence-electron chi connectivity index (χ2n) is 6.29. The van der Waals surface area contributed by atoms with E-state index in [0.717, 1.165) is 16.9 Å². The number of rotatable bonds is 7. The van der Waals surface area contributed by atoms with E-state index in [-0.39, 0.29) is 12.4 Å². The zero-order chi connectivity index (χ0) is 16.4. The Hall–Kier alpha value is -2.07. The van der Waals surface area contributed by atoms with Crippen molar-refractivity contribution in [1.29, 1.82) is 0 Å². The SMILES string of the molecule is Cc1cc(C(=O)CN(CCO)c2ccccc2)c(C)n1C1CC1. The zero-order valence-electron chi connectivity index (χ0n) is 13.8. The van der Waals surface area contributed by atoms with Gasteiger partial charge >= 0.3 is 0 Å². The van der Waals surface area contributed by atoms with Gasteiger partial charge in [0.25, 0.3) is 0 Å². The minimum Gasteiger partial charge on any atom is -0.395 e. The Balaban J connectivity index is 1.81. The summed E-state index contributed by atoms with van der Waals surface area (Å²) in [6.45, 7) is 4.89. The lowest BCUT2D eigenvalue weighted by atomic mass is 10.1. The van der Waals surface area contributed by atoms with Crippen LogP contribution < -0.4 is 4.90 Å². The van der Waals surface area contributed by atoms with Crippen LogP contribution in [0.15, 0.2) is 36.4 Å². The van der Waals surface area contributed by atoms with Gasteiger partial charge in [-0.25, -0.2) is 0 Å². The molecule has 1 aliphatic carbocycles. The molecule has 1 aromatic carbocycles. The third-order valence-corrected chi connectivity index (χ3v) is 4.52. The molecular weight excluding hydrogens is 288 g/mol. The summed E-state index contributed by atoms with van der Waals surface area (Å²) in [7, 11) is 0. The van der Waals surface area contributed by atoms with Crippen LogP contribution in [0.3, 0.4) is 0 Å². The third-order valence-electron chi connectivity index (χ3n) is 4.52. The fraction of sp³-hybridized carbons (Fsp3) is 0.421. The second-order valence-corrected chi connectivity index (χ2v) is 6.29. The summed E-state index contributed by atoms with van der Waals surface area (Å²) in [5.41, 5.74) is 4.02. The first-order chi connectivity index (χ1) is 11.1. The summed E-state index contributed by atoms with van der Waals surface area (Å²) in [5.74, 6) is 0.113. The maximum Gasteiger partial charge on any atom is 0.183 e. The number of hydrogen-bond donors (Lipinski definition) is 1. The number of para-hydroxylation sites is 1. The van der Waals surface area contributed by atoms with Crippen LogP contribution in [0, 0.1) is 13.8 Å². The number of anilines is 1. The van der Waals surface area contributed by atoms with Crippen LogP contribution in [-0.4, -0.2) is 35.2 Å². The molecule has 23 heavy (non-hydrogen) atoms. The number of nitrogens with zero attached hydrogens (tertiary/aromatic N) is 2. The average Bonchev–Trinajstić information content (AvgIpc) is 3.33. The standard InChI is InChI=1S/C19H24N2O2/c1-14-12-18(15(2)21(14)17-8-9-17)19(23)13-20(10-11-22)16-6-4-3-5-7-16/h3-7,12,17,22H,8-11,13H2,1-2H3. The molecule has 1 aromatic heterocycles. The number of aromatic nitrogens is 1. The van der Waals surface area contributed by atoms with Gasteiger partial charge in [0.15, 0.2) is 5.78 Å². The monoisotopic (exact) mass is 312 g/mol. The minimum atomic E-state index is 0.0310. The average molecular weight is 312 g/mol. The van der Waals surface area contributed by atoms with Crippen molar-refractivity contribution in [3.05, 3.63) is 53.3 Å². The molecule has 4 nitrogen and oxygen atoms in total. The lowest BCUT2D eigenvalue weighted by Gasteiger charge is -2.23. The van der Waals surface area contributed by atoms with Gasteiger partial charge in [0, 0.05) is 35.2 Å². The van der Waals surface area contributed by atoms with Crippen LogP contribution in [0.2, 0.25) is 0 Å². The second kappa shape index (κ2) is 6.59. The number of Topliss-reactive ketones (excluding diaryl/α,β-unsaturated/α-hetero) is 1. The van der Waals surface area contributed by atoms with Gasteiger partial charge in [-0.15, -0.1) is 0 Å². The van der Waals surface area contributed by atoms with Gasteiger partial charge < -0.3 is 14.6 Å². The quantitative estimate of drug-likeness (QED) is 0.799. The number of benzene rings is 1. The Kier molecular flexibility index (Phi) is 4.53. The topological polar surface area (TPSA) is 45.5 Å². The summed E-state index contributed by atoms with van der Waals surface area (Å²) in [4.78, 5) is 14.7. The molecule has 3 rings (SSSR count). The summed E-state index contributed by atoms with van der Waals surface area (Å²) in [5, 5.41) is 9.31. The van der Waals surface area contributed by atoms with Gasteiger partial charge in [-0.05, 0) is 44.9 Å². The summed E-state index contributed by atoms with van der Waals surface area (Å²) in [6, 6.07) is 12.4. The van der Waals surface area contributed by atoms with E-state index in [0.29, 0.717) is 19.1 Å². The van der Waals surface area contributed by atoms with Gasteiger partial charge in [-0.2, -0.15) is 0 Å². The molecule has 0 saturated heterocycles. The molecule has 122 valence electrons. The Morgan fingerprint density at radius 1 is 1.26 bits per heavy atom. The molecular formula is C19H24N2O2. The van der Waals surface area contributed by atoms with E-state index >= 15 is 0 Å². The molecule has 0 unspecified atom stereocenters. The molecule has 1 heterocycles. The molecule has 1 saturated carbocycles. The summed E-state index contributed by atoms with van der Waals surface area (Å²) < 4.78 is 2.30. The van der Waals surface area contributed by atoms with E-state index in [9.17, 15) is 9.90 Å². The lowest BCUT2D eigenvalue weighted by Crippen LogP contribution is -2.32. The number of aliphatic hydroxyl groups excluding tert-OH is 1. The van der Waals surface area contributed by atoms with Crippen LogP contribution >= 0.6 is 0 Å². The van der Waals surface area contributed by atoms with Crippen molar-refractivity contribution in [2.75, 3.05) is 24.6 Å². The highest BCUT2D eigenvalue weighted by Gasteiger charge is 2.28. The van der Waals surface area contributed by atoms with Crippen LogP contribution in [0.25, 0.3) is 0 Å². The van der Waals surface area contributed by atoms with Crippen LogP contribution in [-0.2, 0) is 0 Å². The summed E-state index contributed by atoms with van der Waals surface area (Å²) >= 11 is 0. The molecule has 1 aliphatic rings. The Bertz CT molecular complexity index is 687. The van der Waals surface area contributed by atoms with Gasteiger partial charge in [0.1, 0.15) is 0 Å². The lowest BCUT2D eigenvalue weighted by molar-refractivity contribution is 0.0997. The van der Waals surface area contributed by atoms with E-state index < -0.39 is 0 Å². The van der Waals surface area contributed by atoms with Crippen LogP contribution in [0.1, 0.15) is 40.6 Å². The van der Waals surface area contributed by atoms with E-state index in [2.05, 4.69) is 11.5 Å². The van der Waals surface area contributed by atoms with Crippen LogP contribution in [0.5, 0.6) is 0 Å². The van der Waals surface area contributed by atoms with E-state index in [4.69, 9.17) is 0 Å². The number of carbonyl (C=O) groups excluding carboxylic acids is 1. The Morgan fingerprint density at radius 3 is 2.57 bits per heavy atom. The molecule has 1 fully saturated rings. The fourth-order valence-corrected chi connectivity index (χ4v) is 3.27. The first kappa shape index (κ1) is 15.8. The number of hydrogen-bond acceptors (Lipinski definition) is 3. The molecule has 2 aromatic rings. The van der Waals surface area contributed by atoms with E-state index in [1.54, 1.807) is 0 Å². The Labute approximate surface area is 137 Å². The molecule has 1 N–H and O–H groups in total. The Morgan fingerprint density at radius 2 is 1.96 bits per heavy atom. The first-order valence-electron chi connectivity index (χ1n) is 8.24. The molecule has 0 radical (unpaired) electrons. The van der Waals surface area contributed by atoms with Gasteiger partial charge in [0.2, 0.25) is 0 Å². The highest BCUT2D eigenvalue weighted by Crippen LogP contribution is 2.38. The number of aliphatic hydroxyl groups is 1. The fourth-order valence-electron chi connectivity index (χ4n) is 3.27. The number of aryl methyl sites for hydroxylation is 1. The van der Waals surface area contributed by atoms with Crippen molar-refractivity contribution in [2.45, 2.75) is 32.7 Å². The van der Waals surface area contributed by atoms with E-state index in [1.807, 2.05) is 48.2 Å². The maximum atomic E-state index is 12.8. The van der Waals surface area contributed by atoms with Crippen molar-refractivity contribution >= 4 is 11.5 Å². The van der Waals surface area contributed by atoms with Gasteiger partial charge in [-0.1, -0.05) is 18.2 Å². The normalized spacial score (nSPS) is 14.0. The minimum absolute atomic E-state index is 0.0310. The van der Waals surface area contributed by atoms with E-state index in [1.165, 1.54) is 18.5 Å². The van der Waals surface area contributed by atoms with Gasteiger partial charge in [-0.3, -0.25) is 4.79 Å². The molecule has 0 bridgehead atoms. The van der Waals surface area contributed by atoms with Crippen molar-refractivity contribution < 1.29 is 9.90 Å². The van der Waals surface area contributed by atoms with Crippen molar-refractivity contribution in [1.82, 2.24) is 4.57 Å². The highest BCUT2D eigenvalue weighted by atomic mass is 16.3. The van der Waals surface area contributed by atoms with Gasteiger partial charge in [0.05, 0.1) is 13.2 Å². The molecule has 0 spiro atoms. The third kappa shape index (κ3) is 3.32. The first-order valence-corrected chi connectivity index (χ1v) is 8.24. The number of ketones is 1. The summed E-state index contributed by atoms with van der Waals surface area (Å²) in [6.07, 6.45) is 2.43. The van der Waals surface area contributed by atoms with Crippen molar-refractivity contribution in [3.8, 4) is 0 Å². The largest absolute Gasteiger partial charge is 0.395 e. The van der Waals surface area contributed by atoms with Crippen LogP contribution in [0.4, 0.5) is 5.69 Å². The smallest absolute Gasteiger partial charge is 0.183 e. The van der Waals surface area contributed by atoms with Crippen molar-refractivity contribution in [3.63, 3.8) is 0 Å². The zero-order valence-corrected chi connectivity index (χ0v) is 13.8. The predicted octanol–water partition coefficient (Wildman–Crippen LogP) is 3.12. The predicted molar refractivity (Wildman–Crippen MR) is 92.2 cm³/mol. The maximum absolute atomic E-state index is 12.8. The molecule has 0 amide bonds. The van der Waals surface area contributed by atoms with Crippen molar-refractivity contribution in [2.24, 2.45) is 0 Å². The molecule has 0 aliphatic heterocycles. The highest BCUT2D eigenvalue weighted by molar-refractivity contribution is 6.00. The number of carbonyl (C=O) groups is 1. The molecule has 0 atom stereocenters. The molecule has 4 heteroatoms.